The Bertz CT molecular complexity index is 1330. The molecule has 5 fully saturated rings. The fourth-order valence-electron chi connectivity index (χ4n) is 11.5. The quantitative estimate of drug-likeness (QED) is 0.128. The summed E-state index contributed by atoms with van der Waals surface area (Å²) in [6.07, 6.45) is -6.95. The van der Waals surface area contributed by atoms with Gasteiger partial charge in [-0.25, -0.2) is 0 Å². The van der Waals surface area contributed by atoms with E-state index in [1.54, 1.807) is 0 Å². The van der Waals surface area contributed by atoms with Crippen LogP contribution in [0.1, 0.15) is 72.6 Å². The van der Waals surface area contributed by atoms with Crippen LogP contribution < -0.4 is 0 Å². The molecule has 0 amide bonds. The predicted molar refractivity (Wildman–Crippen MR) is 189 cm³/mol. The first-order valence-electron chi connectivity index (χ1n) is 19.5. The molecule has 0 aromatic carbocycles. The summed E-state index contributed by atoms with van der Waals surface area (Å²) in [5, 5.41) is 98.3. The van der Waals surface area contributed by atoms with E-state index in [1.807, 2.05) is 13.0 Å². The maximum Gasteiger partial charge on any atom is 0.187 e. The van der Waals surface area contributed by atoms with Crippen LogP contribution in [0.3, 0.4) is 0 Å². The van der Waals surface area contributed by atoms with Gasteiger partial charge in [-0.2, -0.15) is 0 Å². The van der Waals surface area contributed by atoms with Gasteiger partial charge in [-0.15, -0.1) is 0 Å². The normalized spacial score (nSPS) is 51.1. The van der Waals surface area contributed by atoms with Crippen LogP contribution in [0.5, 0.6) is 0 Å². The first-order chi connectivity index (χ1) is 24.9. The molecule has 6 rings (SSSR count). The second-order valence-corrected chi connectivity index (χ2v) is 17.7. The molecule has 14 heteroatoms. The average molecular weight is 757 g/mol. The highest BCUT2D eigenvalue weighted by Crippen LogP contribution is 2.69. The van der Waals surface area contributed by atoms with E-state index in [9.17, 15) is 46.0 Å². The molecule has 2 heterocycles. The van der Waals surface area contributed by atoms with Gasteiger partial charge in [0.1, 0.15) is 36.6 Å². The van der Waals surface area contributed by atoms with Gasteiger partial charge in [-0.3, -0.25) is 0 Å². The maximum absolute atomic E-state index is 12.8. The third-order valence-electron chi connectivity index (χ3n) is 14.5. The van der Waals surface area contributed by atoms with E-state index in [2.05, 4.69) is 27.4 Å². The number of aliphatic hydroxyl groups excluding tert-OH is 8. The van der Waals surface area contributed by atoms with Crippen molar-refractivity contribution >= 4 is 0 Å². The zero-order chi connectivity index (χ0) is 38.8. The molecule has 4 aliphatic carbocycles. The van der Waals surface area contributed by atoms with Gasteiger partial charge in [0.25, 0.3) is 0 Å². The Morgan fingerprint density at radius 2 is 1.55 bits per heavy atom. The van der Waals surface area contributed by atoms with Crippen molar-refractivity contribution in [3.8, 4) is 0 Å². The van der Waals surface area contributed by atoms with E-state index in [-0.39, 0.29) is 49.9 Å². The minimum Gasteiger partial charge on any atom is -0.390 e. The molecule has 0 bridgehead atoms. The standard InChI is InChI=1S/C39H64O14/c1-18(20(3)15-50-35-32(47)28(43)24(41)16-51-35)7-8-19(2)27-30(45)31(46)34-38(27,5)12-10-26-37(4)11-9-21(13-22(37)23(40)14-39(26,34)48)53-36-33(49-6)29(44)25(42)17-52-36/h13,19-21,23-36,40-48H,1,7-12,14-17H2,2-6H3/t19-,20-,21+,23-,24-,25-,26-,27+,28+,29+,30-,31+,32-,33-,34-,35-,36+,37+,38-,39+/m1/s1. The Morgan fingerprint density at radius 3 is 2.23 bits per heavy atom. The van der Waals surface area contributed by atoms with E-state index in [4.69, 9.17) is 23.7 Å². The fraction of sp³-hybridized carbons (Fsp3) is 0.897. The van der Waals surface area contributed by atoms with Crippen molar-refractivity contribution in [3.05, 3.63) is 23.8 Å². The summed E-state index contributed by atoms with van der Waals surface area (Å²) in [5.74, 6) is -1.38. The van der Waals surface area contributed by atoms with E-state index in [0.29, 0.717) is 38.5 Å². The van der Waals surface area contributed by atoms with Crippen molar-refractivity contribution in [1.29, 1.82) is 0 Å². The first kappa shape index (κ1) is 41.6. The Hall–Kier alpha value is -1.08. The second kappa shape index (κ2) is 15.7. The third-order valence-corrected chi connectivity index (χ3v) is 14.5. The summed E-state index contributed by atoms with van der Waals surface area (Å²) in [6.45, 7) is 12.4. The molecule has 3 saturated carbocycles. The van der Waals surface area contributed by atoms with E-state index in [0.717, 1.165) is 11.1 Å². The molecule has 0 radical (unpaired) electrons. The number of hydrogen-bond donors (Lipinski definition) is 9. The van der Waals surface area contributed by atoms with Crippen molar-refractivity contribution < 1.29 is 69.6 Å². The number of ether oxygens (including phenoxy) is 5. The summed E-state index contributed by atoms with van der Waals surface area (Å²) in [4.78, 5) is 0. The molecule has 0 aromatic rings. The van der Waals surface area contributed by atoms with Crippen LogP contribution in [0.15, 0.2) is 23.8 Å². The lowest BCUT2D eigenvalue weighted by Gasteiger charge is -2.64. The van der Waals surface area contributed by atoms with Crippen molar-refractivity contribution in [3.63, 3.8) is 0 Å². The van der Waals surface area contributed by atoms with Gasteiger partial charge >= 0.3 is 0 Å². The zero-order valence-electron chi connectivity index (χ0n) is 31.7. The molecule has 2 aliphatic heterocycles. The van der Waals surface area contributed by atoms with Crippen molar-refractivity contribution in [2.75, 3.05) is 26.9 Å². The molecule has 6 aliphatic rings. The van der Waals surface area contributed by atoms with Crippen LogP contribution in [0.25, 0.3) is 0 Å². The van der Waals surface area contributed by atoms with Gasteiger partial charge in [0.2, 0.25) is 0 Å². The number of methoxy groups -OCH3 is 1. The molecule has 304 valence electrons. The highest BCUT2D eigenvalue weighted by molar-refractivity contribution is 5.33. The van der Waals surface area contributed by atoms with Crippen LogP contribution in [-0.4, -0.2) is 152 Å². The van der Waals surface area contributed by atoms with Crippen molar-refractivity contribution in [2.45, 2.75) is 152 Å². The van der Waals surface area contributed by atoms with Gasteiger partial charge in [0, 0.05) is 25.4 Å². The average Bonchev–Trinajstić information content (AvgIpc) is 3.32. The van der Waals surface area contributed by atoms with Crippen LogP contribution in [0, 0.1) is 40.4 Å². The minimum atomic E-state index is -1.43. The lowest BCUT2D eigenvalue weighted by molar-refractivity contribution is -0.285. The molecule has 0 unspecified atom stereocenters. The summed E-state index contributed by atoms with van der Waals surface area (Å²) >= 11 is 0. The third kappa shape index (κ3) is 7.22. The lowest BCUT2D eigenvalue weighted by atomic mass is 9.43. The molecular weight excluding hydrogens is 692 g/mol. The lowest BCUT2D eigenvalue weighted by Crippen LogP contribution is -2.66. The van der Waals surface area contributed by atoms with Crippen LogP contribution in [-0.2, 0) is 23.7 Å². The monoisotopic (exact) mass is 756 g/mol. The molecule has 0 spiro atoms. The molecule has 9 N–H and O–H groups in total. The molecule has 0 aromatic heterocycles. The highest BCUT2D eigenvalue weighted by atomic mass is 16.7. The van der Waals surface area contributed by atoms with Gasteiger partial charge in [-0.1, -0.05) is 45.9 Å². The van der Waals surface area contributed by atoms with Crippen LogP contribution in [0.2, 0.25) is 0 Å². The molecule has 2 saturated heterocycles. The van der Waals surface area contributed by atoms with Gasteiger partial charge < -0.3 is 69.6 Å². The number of rotatable bonds is 11. The smallest absolute Gasteiger partial charge is 0.187 e. The van der Waals surface area contributed by atoms with Gasteiger partial charge in [0.15, 0.2) is 12.6 Å². The van der Waals surface area contributed by atoms with Crippen LogP contribution in [0.4, 0.5) is 0 Å². The summed E-state index contributed by atoms with van der Waals surface area (Å²) in [5.41, 5.74) is -0.928. The minimum absolute atomic E-state index is 0.0200. The Kier molecular flexibility index (Phi) is 12.3. The Morgan fingerprint density at radius 1 is 0.887 bits per heavy atom. The van der Waals surface area contributed by atoms with E-state index < -0.39 is 96.0 Å². The molecule has 53 heavy (non-hydrogen) atoms. The molecule has 20 atom stereocenters. The first-order valence-corrected chi connectivity index (χ1v) is 19.5. The summed E-state index contributed by atoms with van der Waals surface area (Å²) in [6, 6.07) is 0. The predicted octanol–water partition coefficient (Wildman–Crippen LogP) is 0.135. The molecular formula is C39H64O14. The largest absolute Gasteiger partial charge is 0.390 e. The van der Waals surface area contributed by atoms with Gasteiger partial charge in [-0.05, 0) is 72.7 Å². The highest BCUT2D eigenvalue weighted by Gasteiger charge is 2.72. The maximum atomic E-state index is 12.8. The number of fused-ring (bicyclic) bond motifs is 5. The Labute approximate surface area is 312 Å². The molecule has 14 nitrogen and oxygen atoms in total. The van der Waals surface area contributed by atoms with E-state index >= 15 is 0 Å². The summed E-state index contributed by atoms with van der Waals surface area (Å²) < 4.78 is 28.4. The van der Waals surface area contributed by atoms with Crippen molar-refractivity contribution in [2.24, 2.45) is 40.4 Å². The fourth-order valence-corrected chi connectivity index (χ4v) is 11.5. The Balaban J connectivity index is 1.11. The zero-order valence-corrected chi connectivity index (χ0v) is 31.7. The second-order valence-electron chi connectivity index (χ2n) is 17.7. The SMILES string of the molecule is C=C(CC[C@@H](C)[C@H]1[C@@H](O)[C@H](O)[C@@H]2[C@]1(C)CC[C@H]1[C@@]2(O)C[C@@H](O)C2=C[C@@H](O[C@@H]3OC[C@@H](O)[C@H](O)[C@H]3OC)CC[C@@]21C)[C@H](C)CO[C@@H]1OC[C@@H](O)[C@H](O)[C@H]1O. The van der Waals surface area contributed by atoms with Gasteiger partial charge in [0.05, 0.1) is 49.8 Å². The topological polar surface area (TPSA) is 228 Å². The van der Waals surface area contributed by atoms with Crippen molar-refractivity contribution in [1.82, 2.24) is 0 Å². The summed E-state index contributed by atoms with van der Waals surface area (Å²) in [7, 11) is 1.42. The number of hydrogen-bond acceptors (Lipinski definition) is 14. The number of aliphatic hydroxyl groups is 9. The van der Waals surface area contributed by atoms with Crippen LogP contribution >= 0.6 is 0 Å². The van der Waals surface area contributed by atoms with E-state index in [1.165, 1.54) is 7.11 Å².